The Morgan fingerprint density at radius 2 is 1.71 bits per heavy atom. The third kappa shape index (κ3) is 2.53. The van der Waals surface area contributed by atoms with Gasteiger partial charge in [0.1, 0.15) is 6.10 Å². The van der Waals surface area contributed by atoms with E-state index in [1.165, 1.54) is 17.5 Å². The Labute approximate surface area is 103 Å². The van der Waals surface area contributed by atoms with Crippen LogP contribution in [0.4, 0.5) is 0 Å². The van der Waals surface area contributed by atoms with Crippen molar-refractivity contribution >= 4 is 0 Å². The van der Waals surface area contributed by atoms with Gasteiger partial charge in [0.25, 0.3) is 0 Å². The molecule has 2 rings (SSSR count). The summed E-state index contributed by atoms with van der Waals surface area (Å²) < 4.78 is 0. The van der Waals surface area contributed by atoms with E-state index in [1.54, 1.807) is 0 Å². The first-order valence-corrected chi connectivity index (χ1v) is 6.37. The average molecular weight is 234 g/mol. The van der Waals surface area contributed by atoms with Crippen LogP contribution in [0.2, 0.25) is 0 Å². The van der Waals surface area contributed by atoms with Crippen LogP contribution in [-0.4, -0.2) is 16.3 Å². The molecule has 1 aromatic carbocycles. The number of aliphatic hydroxyl groups is 2. The number of hydrogen-bond donors (Lipinski definition) is 2. The number of hydrogen-bond acceptors (Lipinski definition) is 2. The molecule has 1 aromatic rings. The van der Waals surface area contributed by atoms with E-state index >= 15 is 0 Å². The lowest BCUT2D eigenvalue weighted by Gasteiger charge is -2.30. The van der Waals surface area contributed by atoms with Crippen LogP contribution in [-0.2, 0) is 12.8 Å². The van der Waals surface area contributed by atoms with Crippen LogP contribution in [0.3, 0.4) is 0 Å². The maximum Gasteiger partial charge on any atom is 0.105 e. The lowest BCUT2D eigenvalue weighted by Crippen LogP contribution is -2.32. The van der Waals surface area contributed by atoms with Crippen molar-refractivity contribution in [2.24, 2.45) is 5.41 Å². The standard InChI is InChI=1S/C15H22O2/c1-15(2,3)14(17)13(16)12-8-7-10-5-4-6-11(10)9-12/h7-9,13-14,16-17H,4-6H2,1-3H3. The van der Waals surface area contributed by atoms with Gasteiger partial charge in [0.2, 0.25) is 0 Å². The minimum atomic E-state index is -0.791. The molecule has 0 amide bonds. The molecule has 0 aliphatic heterocycles. The Morgan fingerprint density at radius 1 is 1.06 bits per heavy atom. The van der Waals surface area contributed by atoms with Crippen molar-refractivity contribution in [2.75, 3.05) is 0 Å². The van der Waals surface area contributed by atoms with E-state index in [2.05, 4.69) is 12.1 Å². The first-order valence-electron chi connectivity index (χ1n) is 6.37. The smallest absolute Gasteiger partial charge is 0.105 e. The third-order valence-electron chi connectivity index (χ3n) is 3.65. The van der Waals surface area contributed by atoms with Gasteiger partial charge in [0.15, 0.2) is 0 Å². The predicted molar refractivity (Wildman–Crippen MR) is 68.9 cm³/mol. The molecule has 0 spiro atoms. The normalized spacial score (nSPS) is 18.9. The summed E-state index contributed by atoms with van der Waals surface area (Å²) in [6.07, 6.45) is 1.93. The SMILES string of the molecule is CC(C)(C)C(O)C(O)c1ccc2c(c1)CCC2. The fourth-order valence-corrected chi connectivity index (χ4v) is 2.43. The zero-order valence-electron chi connectivity index (χ0n) is 10.9. The lowest BCUT2D eigenvalue weighted by atomic mass is 9.83. The highest BCUT2D eigenvalue weighted by atomic mass is 16.3. The predicted octanol–water partition coefficient (Wildman–Crippen LogP) is 2.62. The summed E-state index contributed by atoms with van der Waals surface area (Å²) >= 11 is 0. The van der Waals surface area contributed by atoms with Crippen LogP contribution in [0.1, 0.15) is 50.0 Å². The quantitative estimate of drug-likeness (QED) is 0.826. The molecule has 2 atom stereocenters. The van der Waals surface area contributed by atoms with Gasteiger partial charge < -0.3 is 10.2 Å². The fraction of sp³-hybridized carbons (Fsp3) is 0.600. The van der Waals surface area contributed by atoms with Gasteiger partial charge in [0, 0.05) is 0 Å². The molecule has 0 saturated heterocycles. The second-order valence-electron chi connectivity index (χ2n) is 6.14. The summed E-state index contributed by atoms with van der Waals surface area (Å²) in [6, 6.07) is 6.10. The summed E-state index contributed by atoms with van der Waals surface area (Å²) in [5.41, 5.74) is 3.26. The van der Waals surface area contributed by atoms with Gasteiger partial charge in [-0.05, 0) is 41.4 Å². The van der Waals surface area contributed by atoms with E-state index in [0.29, 0.717) is 0 Å². The second kappa shape index (κ2) is 4.43. The first-order chi connectivity index (χ1) is 7.89. The maximum atomic E-state index is 10.2. The average Bonchev–Trinajstić information content (AvgIpc) is 2.72. The third-order valence-corrected chi connectivity index (χ3v) is 3.65. The van der Waals surface area contributed by atoms with Gasteiger partial charge in [-0.3, -0.25) is 0 Å². The monoisotopic (exact) mass is 234 g/mol. The molecule has 2 N–H and O–H groups in total. The van der Waals surface area contributed by atoms with Crippen LogP contribution in [0, 0.1) is 5.41 Å². The molecule has 0 radical (unpaired) electrons. The Morgan fingerprint density at radius 3 is 2.35 bits per heavy atom. The Bertz CT molecular complexity index is 404. The number of aryl methyl sites for hydroxylation is 2. The van der Waals surface area contributed by atoms with Crippen molar-refractivity contribution in [1.82, 2.24) is 0 Å². The maximum absolute atomic E-state index is 10.2. The number of fused-ring (bicyclic) bond motifs is 1. The Kier molecular flexibility index (Phi) is 3.28. The molecule has 0 saturated carbocycles. The fourth-order valence-electron chi connectivity index (χ4n) is 2.43. The zero-order chi connectivity index (χ0) is 12.6. The molecule has 2 heteroatoms. The van der Waals surface area contributed by atoms with E-state index in [4.69, 9.17) is 0 Å². The van der Waals surface area contributed by atoms with Gasteiger partial charge in [0.05, 0.1) is 6.10 Å². The molecule has 0 heterocycles. The van der Waals surface area contributed by atoms with Crippen molar-refractivity contribution in [3.05, 3.63) is 34.9 Å². The molecule has 0 bridgehead atoms. The van der Waals surface area contributed by atoms with E-state index in [1.807, 2.05) is 26.8 Å². The highest BCUT2D eigenvalue weighted by molar-refractivity contribution is 5.36. The number of rotatable bonds is 2. The van der Waals surface area contributed by atoms with Crippen molar-refractivity contribution < 1.29 is 10.2 Å². The van der Waals surface area contributed by atoms with Crippen LogP contribution in [0.15, 0.2) is 18.2 Å². The Hall–Kier alpha value is -0.860. The molecule has 1 aliphatic rings. The summed E-state index contributed by atoms with van der Waals surface area (Å²) in [5.74, 6) is 0. The van der Waals surface area contributed by atoms with Crippen LogP contribution in [0.5, 0.6) is 0 Å². The van der Waals surface area contributed by atoms with E-state index in [0.717, 1.165) is 18.4 Å². The van der Waals surface area contributed by atoms with Crippen molar-refractivity contribution in [3.63, 3.8) is 0 Å². The lowest BCUT2D eigenvalue weighted by molar-refractivity contribution is -0.0458. The molecule has 2 unspecified atom stereocenters. The van der Waals surface area contributed by atoms with Gasteiger partial charge in [-0.1, -0.05) is 39.0 Å². The van der Waals surface area contributed by atoms with Gasteiger partial charge in [-0.15, -0.1) is 0 Å². The van der Waals surface area contributed by atoms with Crippen molar-refractivity contribution in [3.8, 4) is 0 Å². The molecule has 1 aliphatic carbocycles. The van der Waals surface area contributed by atoms with Gasteiger partial charge in [-0.2, -0.15) is 0 Å². The zero-order valence-corrected chi connectivity index (χ0v) is 10.9. The van der Waals surface area contributed by atoms with Crippen molar-refractivity contribution in [2.45, 2.75) is 52.2 Å². The molecule has 17 heavy (non-hydrogen) atoms. The summed E-state index contributed by atoms with van der Waals surface area (Å²) in [6.45, 7) is 5.82. The van der Waals surface area contributed by atoms with Gasteiger partial charge >= 0.3 is 0 Å². The topological polar surface area (TPSA) is 40.5 Å². The highest BCUT2D eigenvalue weighted by Crippen LogP contribution is 2.32. The summed E-state index contributed by atoms with van der Waals surface area (Å²) in [7, 11) is 0. The molecule has 2 nitrogen and oxygen atoms in total. The van der Waals surface area contributed by atoms with Crippen LogP contribution >= 0.6 is 0 Å². The molecule has 0 fully saturated rings. The second-order valence-corrected chi connectivity index (χ2v) is 6.14. The van der Waals surface area contributed by atoms with E-state index in [9.17, 15) is 10.2 Å². The van der Waals surface area contributed by atoms with E-state index in [-0.39, 0.29) is 5.41 Å². The largest absolute Gasteiger partial charge is 0.390 e. The number of aliphatic hydroxyl groups excluding tert-OH is 2. The summed E-state index contributed by atoms with van der Waals surface area (Å²) in [5, 5.41) is 20.3. The molecular weight excluding hydrogens is 212 g/mol. The molecule has 94 valence electrons. The molecule has 0 aromatic heterocycles. The van der Waals surface area contributed by atoms with Gasteiger partial charge in [-0.25, -0.2) is 0 Å². The Balaban J connectivity index is 2.23. The minimum Gasteiger partial charge on any atom is -0.390 e. The van der Waals surface area contributed by atoms with Crippen molar-refractivity contribution in [1.29, 1.82) is 0 Å². The first kappa shape index (κ1) is 12.6. The highest BCUT2D eigenvalue weighted by Gasteiger charge is 2.30. The van der Waals surface area contributed by atoms with Crippen LogP contribution in [0.25, 0.3) is 0 Å². The minimum absolute atomic E-state index is 0.307. The van der Waals surface area contributed by atoms with E-state index < -0.39 is 12.2 Å². The summed E-state index contributed by atoms with van der Waals surface area (Å²) in [4.78, 5) is 0. The van der Waals surface area contributed by atoms with Crippen LogP contribution < -0.4 is 0 Å². The number of benzene rings is 1. The molecular formula is C15H22O2.